The Labute approximate surface area is 115 Å². The van der Waals surface area contributed by atoms with Gasteiger partial charge in [-0.2, -0.15) is 0 Å². The molecule has 0 aliphatic heterocycles. The Morgan fingerprint density at radius 2 is 1.79 bits per heavy atom. The molecule has 0 aliphatic rings. The summed E-state index contributed by atoms with van der Waals surface area (Å²) >= 11 is 0. The van der Waals surface area contributed by atoms with Gasteiger partial charge in [0.25, 0.3) is 0 Å². The standard InChI is InChI=1S/C17H23NO/c1-5-7-18-16(17-14(4)6-8-19-17)15-10-12(2)9-13(3)11-15/h6,8-11,16,18H,5,7H2,1-4H3. The molecule has 0 amide bonds. The Hall–Kier alpha value is -1.54. The first kappa shape index (κ1) is 13.9. The predicted molar refractivity (Wildman–Crippen MR) is 79.5 cm³/mol. The number of benzene rings is 1. The van der Waals surface area contributed by atoms with Gasteiger partial charge < -0.3 is 9.73 Å². The summed E-state index contributed by atoms with van der Waals surface area (Å²) in [5.41, 5.74) is 5.07. The maximum absolute atomic E-state index is 5.70. The summed E-state index contributed by atoms with van der Waals surface area (Å²) in [5.74, 6) is 1.03. The fourth-order valence-electron chi connectivity index (χ4n) is 2.51. The zero-order chi connectivity index (χ0) is 13.8. The van der Waals surface area contributed by atoms with Gasteiger partial charge in [0.05, 0.1) is 12.3 Å². The van der Waals surface area contributed by atoms with Crippen molar-refractivity contribution in [2.75, 3.05) is 6.54 Å². The van der Waals surface area contributed by atoms with Gasteiger partial charge in [-0.05, 0) is 50.9 Å². The minimum absolute atomic E-state index is 0.147. The van der Waals surface area contributed by atoms with E-state index < -0.39 is 0 Å². The highest BCUT2D eigenvalue weighted by atomic mass is 16.3. The maximum Gasteiger partial charge on any atom is 0.128 e. The van der Waals surface area contributed by atoms with E-state index in [9.17, 15) is 0 Å². The van der Waals surface area contributed by atoms with Gasteiger partial charge in [-0.1, -0.05) is 36.2 Å². The minimum Gasteiger partial charge on any atom is -0.467 e. The highest BCUT2D eigenvalue weighted by molar-refractivity contribution is 5.36. The van der Waals surface area contributed by atoms with Crippen molar-refractivity contribution in [2.24, 2.45) is 0 Å². The first-order chi connectivity index (χ1) is 9.11. The predicted octanol–water partition coefficient (Wildman–Crippen LogP) is 4.29. The number of furan rings is 1. The number of nitrogens with one attached hydrogen (secondary N) is 1. The minimum atomic E-state index is 0.147. The molecule has 1 N–H and O–H groups in total. The third-order valence-electron chi connectivity index (χ3n) is 3.34. The third-order valence-corrected chi connectivity index (χ3v) is 3.34. The van der Waals surface area contributed by atoms with E-state index in [1.807, 2.05) is 6.07 Å². The molecule has 19 heavy (non-hydrogen) atoms. The molecular weight excluding hydrogens is 234 g/mol. The lowest BCUT2D eigenvalue weighted by Gasteiger charge is -2.19. The van der Waals surface area contributed by atoms with Crippen LogP contribution in [0.2, 0.25) is 0 Å². The van der Waals surface area contributed by atoms with Crippen molar-refractivity contribution in [2.45, 2.75) is 40.2 Å². The van der Waals surface area contributed by atoms with E-state index in [0.29, 0.717) is 0 Å². The van der Waals surface area contributed by atoms with Gasteiger partial charge in [-0.25, -0.2) is 0 Å². The van der Waals surface area contributed by atoms with E-state index in [2.05, 4.69) is 51.2 Å². The van der Waals surface area contributed by atoms with Crippen molar-refractivity contribution in [1.29, 1.82) is 0 Å². The summed E-state index contributed by atoms with van der Waals surface area (Å²) in [6.45, 7) is 9.55. The second kappa shape index (κ2) is 6.07. The van der Waals surface area contributed by atoms with Crippen molar-refractivity contribution in [3.63, 3.8) is 0 Å². The molecule has 0 saturated heterocycles. The van der Waals surface area contributed by atoms with E-state index in [-0.39, 0.29) is 6.04 Å². The molecule has 1 aromatic carbocycles. The molecular formula is C17H23NO. The Bertz CT molecular complexity index is 522. The molecule has 1 heterocycles. The number of hydrogen-bond acceptors (Lipinski definition) is 2. The summed E-state index contributed by atoms with van der Waals surface area (Å²) in [4.78, 5) is 0. The van der Waals surface area contributed by atoms with Gasteiger partial charge in [-0.15, -0.1) is 0 Å². The molecule has 0 spiro atoms. The summed E-state index contributed by atoms with van der Waals surface area (Å²) in [5, 5.41) is 3.59. The van der Waals surface area contributed by atoms with Gasteiger partial charge in [0.2, 0.25) is 0 Å². The van der Waals surface area contributed by atoms with Gasteiger partial charge in [-0.3, -0.25) is 0 Å². The van der Waals surface area contributed by atoms with Crippen LogP contribution >= 0.6 is 0 Å². The van der Waals surface area contributed by atoms with Crippen LogP contribution in [0.1, 0.15) is 47.4 Å². The lowest BCUT2D eigenvalue weighted by molar-refractivity contribution is 0.444. The van der Waals surface area contributed by atoms with Crippen LogP contribution in [0.4, 0.5) is 0 Å². The van der Waals surface area contributed by atoms with E-state index in [1.54, 1.807) is 6.26 Å². The van der Waals surface area contributed by atoms with E-state index in [0.717, 1.165) is 18.7 Å². The van der Waals surface area contributed by atoms with Crippen LogP contribution in [0, 0.1) is 20.8 Å². The van der Waals surface area contributed by atoms with Crippen LogP contribution in [0.3, 0.4) is 0 Å². The zero-order valence-electron chi connectivity index (χ0n) is 12.3. The van der Waals surface area contributed by atoms with Crippen LogP contribution in [-0.4, -0.2) is 6.54 Å². The largest absolute Gasteiger partial charge is 0.467 e. The third kappa shape index (κ3) is 3.27. The van der Waals surface area contributed by atoms with Crippen LogP contribution in [0.25, 0.3) is 0 Å². The van der Waals surface area contributed by atoms with Crippen LogP contribution in [-0.2, 0) is 0 Å². The van der Waals surface area contributed by atoms with E-state index in [1.165, 1.54) is 22.3 Å². The SMILES string of the molecule is CCCNC(c1cc(C)cc(C)c1)c1occc1C. The Kier molecular flexibility index (Phi) is 4.43. The average Bonchev–Trinajstić information content (AvgIpc) is 2.75. The van der Waals surface area contributed by atoms with Gasteiger partial charge in [0.15, 0.2) is 0 Å². The lowest BCUT2D eigenvalue weighted by atomic mass is 9.98. The molecule has 0 radical (unpaired) electrons. The fourth-order valence-corrected chi connectivity index (χ4v) is 2.51. The smallest absolute Gasteiger partial charge is 0.128 e. The normalized spacial score (nSPS) is 12.6. The Morgan fingerprint density at radius 1 is 1.11 bits per heavy atom. The first-order valence-corrected chi connectivity index (χ1v) is 6.97. The molecule has 2 heteroatoms. The molecule has 0 fully saturated rings. The first-order valence-electron chi connectivity index (χ1n) is 6.97. The van der Waals surface area contributed by atoms with Gasteiger partial charge >= 0.3 is 0 Å². The number of hydrogen-bond donors (Lipinski definition) is 1. The van der Waals surface area contributed by atoms with Crippen molar-refractivity contribution in [3.8, 4) is 0 Å². The molecule has 2 rings (SSSR count). The van der Waals surface area contributed by atoms with Crippen molar-refractivity contribution >= 4 is 0 Å². The molecule has 102 valence electrons. The molecule has 0 saturated carbocycles. The topological polar surface area (TPSA) is 25.2 Å². The van der Waals surface area contributed by atoms with Crippen molar-refractivity contribution in [1.82, 2.24) is 5.32 Å². The molecule has 1 atom stereocenters. The summed E-state index contributed by atoms with van der Waals surface area (Å²) < 4.78 is 5.70. The monoisotopic (exact) mass is 257 g/mol. The van der Waals surface area contributed by atoms with Crippen LogP contribution < -0.4 is 5.32 Å². The van der Waals surface area contributed by atoms with Crippen LogP contribution in [0.15, 0.2) is 34.9 Å². The molecule has 0 bridgehead atoms. The molecule has 2 nitrogen and oxygen atoms in total. The lowest BCUT2D eigenvalue weighted by Crippen LogP contribution is -2.23. The Morgan fingerprint density at radius 3 is 2.32 bits per heavy atom. The second-order valence-corrected chi connectivity index (χ2v) is 5.28. The summed E-state index contributed by atoms with van der Waals surface area (Å²) in [6.07, 6.45) is 2.88. The van der Waals surface area contributed by atoms with E-state index in [4.69, 9.17) is 4.42 Å². The van der Waals surface area contributed by atoms with E-state index >= 15 is 0 Å². The molecule has 0 aliphatic carbocycles. The van der Waals surface area contributed by atoms with Gasteiger partial charge in [0.1, 0.15) is 5.76 Å². The summed E-state index contributed by atoms with van der Waals surface area (Å²) in [6, 6.07) is 8.85. The van der Waals surface area contributed by atoms with Crippen molar-refractivity contribution in [3.05, 3.63) is 58.5 Å². The number of aryl methyl sites for hydroxylation is 3. The average molecular weight is 257 g/mol. The molecule has 2 aromatic rings. The summed E-state index contributed by atoms with van der Waals surface area (Å²) in [7, 11) is 0. The quantitative estimate of drug-likeness (QED) is 0.864. The zero-order valence-corrected chi connectivity index (χ0v) is 12.3. The Balaban J connectivity index is 2.39. The van der Waals surface area contributed by atoms with Crippen LogP contribution in [0.5, 0.6) is 0 Å². The molecule has 1 aromatic heterocycles. The highest BCUT2D eigenvalue weighted by Gasteiger charge is 2.19. The maximum atomic E-state index is 5.70. The second-order valence-electron chi connectivity index (χ2n) is 5.28. The number of rotatable bonds is 5. The molecule has 1 unspecified atom stereocenters. The fraction of sp³-hybridized carbons (Fsp3) is 0.412. The highest BCUT2D eigenvalue weighted by Crippen LogP contribution is 2.27. The van der Waals surface area contributed by atoms with Gasteiger partial charge in [0, 0.05) is 0 Å². The van der Waals surface area contributed by atoms with Crippen molar-refractivity contribution < 1.29 is 4.42 Å².